The molecule has 172 valence electrons. The second kappa shape index (κ2) is 10.4. The molecular formula is C28H21N3OS3. The summed E-state index contributed by atoms with van der Waals surface area (Å²) in [5.41, 5.74) is 4.63. The van der Waals surface area contributed by atoms with Gasteiger partial charge in [0.05, 0.1) is 10.8 Å². The lowest BCUT2D eigenvalue weighted by Crippen LogP contribution is -2.34. The summed E-state index contributed by atoms with van der Waals surface area (Å²) in [4.78, 5) is 13.7. The molecule has 0 bridgehead atoms. The van der Waals surface area contributed by atoms with Crippen LogP contribution in [0.4, 0.5) is 5.00 Å². The average molecular weight is 512 g/mol. The zero-order valence-corrected chi connectivity index (χ0v) is 21.1. The zero-order valence-electron chi connectivity index (χ0n) is 18.6. The summed E-state index contributed by atoms with van der Waals surface area (Å²) in [6, 6.07) is 32.2. The minimum absolute atomic E-state index is 0.102. The maximum absolute atomic E-state index is 12.5. The van der Waals surface area contributed by atoms with Crippen LogP contribution in [0, 0.1) is 11.3 Å². The number of nitrogens with zero attached hydrogens (tertiary/aromatic N) is 1. The van der Waals surface area contributed by atoms with Crippen molar-refractivity contribution in [3.63, 3.8) is 0 Å². The third-order valence-electron chi connectivity index (χ3n) is 5.84. The van der Waals surface area contributed by atoms with Gasteiger partial charge in [-0.25, -0.2) is 0 Å². The number of hydrogen-bond donors (Lipinski definition) is 2. The molecule has 1 amide bonds. The van der Waals surface area contributed by atoms with E-state index in [1.165, 1.54) is 11.1 Å². The largest absolute Gasteiger partial charge is 0.323 e. The number of carbonyl (C=O) groups excluding carboxylic acids is 1. The fraction of sp³-hybridized carbons (Fsp3) is 0.107. The van der Waals surface area contributed by atoms with Crippen molar-refractivity contribution in [2.45, 2.75) is 16.9 Å². The van der Waals surface area contributed by atoms with Gasteiger partial charge in [-0.3, -0.25) is 10.1 Å². The Kier molecular flexibility index (Phi) is 6.96. The van der Waals surface area contributed by atoms with Crippen LogP contribution >= 0.6 is 35.3 Å². The highest BCUT2D eigenvalue weighted by Crippen LogP contribution is 2.55. The highest BCUT2D eigenvalue weighted by molar-refractivity contribution is 8.00. The Morgan fingerprint density at radius 1 is 0.914 bits per heavy atom. The van der Waals surface area contributed by atoms with Crippen LogP contribution in [-0.4, -0.2) is 11.0 Å². The number of benzene rings is 3. The molecule has 1 aromatic heterocycles. The summed E-state index contributed by atoms with van der Waals surface area (Å²) >= 11 is 8.89. The minimum Gasteiger partial charge on any atom is -0.323 e. The molecule has 0 unspecified atom stereocenters. The van der Waals surface area contributed by atoms with Crippen LogP contribution in [0.2, 0.25) is 0 Å². The predicted octanol–water partition coefficient (Wildman–Crippen LogP) is 6.87. The van der Waals surface area contributed by atoms with Crippen LogP contribution < -0.4 is 10.6 Å². The lowest BCUT2D eigenvalue weighted by Gasteiger charge is -2.29. The van der Waals surface area contributed by atoms with Crippen LogP contribution in [-0.2, 0) is 6.42 Å². The van der Waals surface area contributed by atoms with Crippen LogP contribution in [0.25, 0.3) is 0 Å². The summed E-state index contributed by atoms with van der Waals surface area (Å²) < 4.78 is 0. The predicted molar refractivity (Wildman–Crippen MR) is 148 cm³/mol. The number of anilines is 1. The molecule has 1 aliphatic rings. The second-order valence-corrected chi connectivity index (χ2v) is 10.8. The van der Waals surface area contributed by atoms with Gasteiger partial charge in [0.2, 0.25) is 0 Å². The second-order valence-electron chi connectivity index (χ2n) is 8.07. The fourth-order valence-electron chi connectivity index (χ4n) is 4.18. The van der Waals surface area contributed by atoms with E-state index in [0.29, 0.717) is 16.1 Å². The monoisotopic (exact) mass is 511 g/mol. The standard InChI is InChI=1S/C28H21N3OS3/c29-17-22-21-16-23(18-10-4-1-5-11-18)34-24(19-12-6-2-7-13-19)25(21)35-27(22)31-28(33)30-26(32)20-14-8-3-9-15-20/h1-15,23-24H,16H2,(H2,30,31,32,33)/t23-,24+/m0/s1. The number of thiocarbonyl (C=S) groups is 1. The van der Waals surface area contributed by atoms with Gasteiger partial charge in [-0.05, 0) is 47.5 Å². The van der Waals surface area contributed by atoms with Gasteiger partial charge in [0.1, 0.15) is 11.1 Å². The average Bonchev–Trinajstić information content (AvgIpc) is 3.26. The van der Waals surface area contributed by atoms with Crippen LogP contribution in [0.3, 0.4) is 0 Å². The molecule has 4 nitrogen and oxygen atoms in total. The third-order valence-corrected chi connectivity index (χ3v) is 8.95. The van der Waals surface area contributed by atoms with Gasteiger partial charge >= 0.3 is 0 Å². The Bertz CT molecular complexity index is 1400. The van der Waals surface area contributed by atoms with Gasteiger partial charge in [-0.2, -0.15) is 5.26 Å². The highest BCUT2D eigenvalue weighted by Gasteiger charge is 2.34. The SMILES string of the molecule is N#Cc1c(NC(=S)NC(=O)c2ccccc2)sc2c1C[C@@H](c1ccccc1)S[C@@H]2c1ccccc1. The van der Waals surface area contributed by atoms with Gasteiger partial charge in [0.15, 0.2) is 5.11 Å². The van der Waals surface area contributed by atoms with E-state index in [0.717, 1.165) is 16.9 Å². The molecular weight excluding hydrogens is 491 g/mol. The molecule has 0 saturated carbocycles. The summed E-state index contributed by atoms with van der Waals surface area (Å²) in [6.45, 7) is 0. The third kappa shape index (κ3) is 5.01. The number of amides is 1. The van der Waals surface area contributed by atoms with Crippen molar-refractivity contribution in [3.8, 4) is 6.07 Å². The Morgan fingerprint density at radius 3 is 2.14 bits per heavy atom. The Labute approximate surface area is 218 Å². The first-order chi connectivity index (χ1) is 17.1. The highest BCUT2D eigenvalue weighted by atomic mass is 32.2. The molecule has 0 aliphatic carbocycles. The molecule has 3 aromatic carbocycles. The van der Waals surface area contributed by atoms with Crippen molar-refractivity contribution in [1.29, 1.82) is 5.26 Å². The summed E-state index contributed by atoms with van der Waals surface area (Å²) in [6.07, 6.45) is 0.761. The zero-order chi connectivity index (χ0) is 24.2. The van der Waals surface area contributed by atoms with Crippen LogP contribution in [0.5, 0.6) is 0 Å². The molecule has 2 heterocycles. The molecule has 4 aromatic rings. The van der Waals surface area contributed by atoms with Crippen LogP contribution in [0.15, 0.2) is 91.0 Å². The lowest BCUT2D eigenvalue weighted by atomic mass is 9.97. The number of fused-ring (bicyclic) bond motifs is 1. The summed E-state index contributed by atoms with van der Waals surface area (Å²) in [5, 5.41) is 17.2. The Morgan fingerprint density at radius 2 is 1.51 bits per heavy atom. The van der Waals surface area contributed by atoms with E-state index in [2.05, 4.69) is 53.1 Å². The van der Waals surface area contributed by atoms with E-state index < -0.39 is 0 Å². The number of nitrogens with one attached hydrogen (secondary N) is 2. The number of hydrogen-bond acceptors (Lipinski definition) is 5. The number of carbonyl (C=O) groups is 1. The van der Waals surface area contributed by atoms with Crippen molar-refractivity contribution >= 4 is 51.3 Å². The molecule has 2 atom stereocenters. The molecule has 1 aliphatic heterocycles. The quantitative estimate of drug-likeness (QED) is 0.293. The van der Waals surface area contributed by atoms with E-state index in [1.807, 2.05) is 42.1 Å². The molecule has 0 saturated heterocycles. The number of thiophene rings is 1. The van der Waals surface area contributed by atoms with Gasteiger partial charge in [0.25, 0.3) is 5.91 Å². The maximum Gasteiger partial charge on any atom is 0.257 e. The van der Waals surface area contributed by atoms with E-state index in [4.69, 9.17) is 12.2 Å². The molecule has 2 N–H and O–H groups in total. The van der Waals surface area contributed by atoms with E-state index in [9.17, 15) is 10.1 Å². The van der Waals surface area contributed by atoms with Crippen molar-refractivity contribution in [1.82, 2.24) is 5.32 Å². The van der Waals surface area contributed by atoms with E-state index in [-0.39, 0.29) is 21.5 Å². The summed E-state index contributed by atoms with van der Waals surface area (Å²) in [5.74, 6) is -0.287. The van der Waals surface area contributed by atoms with Gasteiger partial charge < -0.3 is 5.32 Å². The van der Waals surface area contributed by atoms with Crippen LogP contribution in [0.1, 0.15) is 48.0 Å². The Balaban J connectivity index is 1.47. The first-order valence-corrected chi connectivity index (χ1v) is 13.3. The van der Waals surface area contributed by atoms with Crippen molar-refractivity contribution in [3.05, 3.63) is 124 Å². The normalized spacial score (nSPS) is 16.5. The van der Waals surface area contributed by atoms with Gasteiger partial charge in [0, 0.05) is 15.7 Å². The van der Waals surface area contributed by atoms with Crippen molar-refractivity contribution in [2.24, 2.45) is 0 Å². The molecule has 0 spiro atoms. The lowest BCUT2D eigenvalue weighted by molar-refractivity contribution is 0.0977. The van der Waals surface area contributed by atoms with E-state index >= 15 is 0 Å². The molecule has 5 rings (SSSR count). The molecule has 35 heavy (non-hydrogen) atoms. The van der Waals surface area contributed by atoms with Gasteiger partial charge in [-0.1, -0.05) is 78.9 Å². The smallest absolute Gasteiger partial charge is 0.257 e. The number of thioether (sulfide) groups is 1. The van der Waals surface area contributed by atoms with Crippen molar-refractivity contribution in [2.75, 3.05) is 5.32 Å². The first kappa shape index (κ1) is 23.3. The fourth-order valence-corrected chi connectivity index (χ4v) is 7.44. The number of rotatable bonds is 4. The number of nitriles is 1. The van der Waals surface area contributed by atoms with Gasteiger partial charge in [-0.15, -0.1) is 23.1 Å². The van der Waals surface area contributed by atoms with E-state index in [1.54, 1.807) is 35.6 Å². The molecule has 0 fully saturated rings. The minimum atomic E-state index is -0.287. The Hall–Kier alpha value is -3.44. The molecule has 7 heteroatoms. The maximum atomic E-state index is 12.5. The summed E-state index contributed by atoms with van der Waals surface area (Å²) in [7, 11) is 0. The molecule has 0 radical (unpaired) electrons. The van der Waals surface area contributed by atoms with Crippen molar-refractivity contribution < 1.29 is 4.79 Å². The topological polar surface area (TPSA) is 64.9 Å². The first-order valence-electron chi connectivity index (χ1n) is 11.1.